The molecule has 1 aromatic carbocycles. The number of pyridine rings is 1. The summed E-state index contributed by atoms with van der Waals surface area (Å²) in [6, 6.07) is 8.70. The van der Waals surface area contributed by atoms with E-state index in [4.69, 9.17) is 0 Å². The van der Waals surface area contributed by atoms with Crippen LogP contribution in [0.5, 0.6) is 0 Å². The lowest BCUT2D eigenvalue weighted by molar-refractivity contribution is -0.139. The van der Waals surface area contributed by atoms with Crippen molar-refractivity contribution in [2.45, 2.75) is 78.8 Å². The second-order valence-electron chi connectivity index (χ2n) is 16.0. The van der Waals surface area contributed by atoms with E-state index in [2.05, 4.69) is 58.0 Å². The molecule has 5 amide bonds. The van der Waals surface area contributed by atoms with E-state index in [1.165, 1.54) is 0 Å². The third-order valence-electron chi connectivity index (χ3n) is 11.3. The molecule has 12 nitrogen and oxygen atoms in total. The molecule has 4 aliphatic rings. The topological polar surface area (TPSA) is 135 Å². The largest absolute Gasteiger partial charge is 0.369 e. The maximum atomic E-state index is 13.5. The van der Waals surface area contributed by atoms with Crippen molar-refractivity contribution in [3.63, 3.8) is 0 Å². The number of nitrogens with one attached hydrogen (secondary N) is 2. The highest BCUT2D eigenvalue weighted by atomic mass is 16.2. The predicted molar refractivity (Wildman–Crippen MR) is 191 cm³/mol. The highest BCUT2D eigenvalue weighted by Crippen LogP contribution is 2.53. The van der Waals surface area contributed by atoms with E-state index >= 15 is 0 Å². The number of piperidine rings is 2. The van der Waals surface area contributed by atoms with Gasteiger partial charge in [0.05, 0.1) is 5.56 Å². The Kier molecular flexibility index (Phi) is 10.0. The molecule has 2 aromatic rings. The van der Waals surface area contributed by atoms with E-state index in [1.54, 1.807) is 6.20 Å². The minimum Gasteiger partial charge on any atom is -0.369 e. The van der Waals surface area contributed by atoms with Crippen LogP contribution in [0.1, 0.15) is 86.1 Å². The molecule has 3 aliphatic heterocycles. The number of imide groups is 2. The average Bonchev–Trinajstić information content (AvgIpc) is 3.09. The molecule has 1 atom stereocenters. The maximum absolute atomic E-state index is 13.5. The number of hydrogen-bond donors (Lipinski definition) is 2. The summed E-state index contributed by atoms with van der Waals surface area (Å²) in [7, 11) is 0. The van der Waals surface area contributed by atoms with Gasteiger partial charge in [0, 0.05) is 75.7 Å². The maximum Gasteiger partial charge on any atom is 0.261 e. The first-order valence-electron chi connectivity index (χ1n) is 18.0. The smallest absolute Gasteiger partial charge is 0.261 e. The lowest BCUT2D eigenvalue weighted by Crippen LogP contribution is -2.63. The lowest BCUT2D eigenvalue weighted by atomic mass is 9.52. The van der Waals surface area contributed by atoms with Crippen molar-refractivity contribution in [2.24, 2.45) is 16.7 Å². The van der Waals surface area contributed by atoms with Crippen molar-refractivity contribution in [1.29, 1.82) is 0 Å². The van der Waals surface area contributed by atoms with Gasteiger partial charge in [0.2, 0.25) is 18.2 Å². The van der Waals surface area contributed by atoms with Gasteiger partial charge in [-0.05, 0) is 79.2 Å². The van der Waals surface area contributed by atoms with Crippen LogP contribution in [-0.4, -0.2) is 103 Å². The summed E-state index contributed by atoms with van der Waals surface area (Å²) in [5, 5.41) is 5.48. The van der Waals surface area contributed by atoms with Crippen molar-refractivity contribution in [3.05, 3.63) is 53.2 Å². The summed E-state index contributed by atoms with van der Waals surface area (Å²) in [5.74, 6) is -0.0935. The van der Waals surface area contributed by atoms with Crippen LogP contribution in [0.2, 0.25) is 0 Å². The first-order chi connectivity index (χ1) is 23.8. The molecule has 50 heavy (non-hydrogen) atoms. The Hall–Kier alpha value is -4.32. The molecule has 1 aromatic heterocycles. The molecule has 0 spiro atoms. The molecule has 12 heteroatoms. The number of nitrogens with zero attached hydrogens (tertiary/aromatic N) is 5. The highest BCUT2D eigenvalue weighted by Gasteiger charge is 2.53. The summed E-state index contributed by atoms with van der Waals surface area (Å²) < 4.78 is 0. The van der Waals surface area contributed by atoms with Crippen LogP contribution in [0.25, 0.3) is 0 Å². The Labute approximate surface area is 294 Å². The first-order valence-corrected chi connectivity index (χ1v) is 18.0. The lowest BCUT2D eigenvalue weighted by Gasteiger charge is -2.57. The number of anilines is 2. The van der Waals surface area contributed by atoms with Gasteiger partial charge in [-0.25, -0.2) is 4.98 Å². The zero-order valence-electron chi connectivity index (χ0n) is 30.0. The Morgan fingerprint density at radius 2 is 1.66 bits per heavy atom. The van der Waals surface area contributed by atoms with Gasteiger partial charge in [0.15, 0.2) is 0 Å². The fraction of sp³-hybridized carbons (Fsp3) is 0.579. The normalized spacial score (nSPS) is 22.8. The zero-order chi connectivity index (χ0) is 35.8. The summed E-state index contributed by atoms with van der Waals surface area (Å²) in [6.45, 7) is 17.0. The van der Waals surface area contributed by atoms with Crippen molar-refractivity contribution in [3.8, 4) is 0 Å². The van der Waals surface area contributed by atoms with Crippen molar-refractivity contribution in [2.75, 3.05) is 55.6 Å². The number of amides is 5. The number of aromatic nitrogens is 1. The second-order valence-corrected chi connectivity index (χ2v) is 16.0. The Bertz CT molecular complexity index is 1610. The zero-order valence-corrected chi connectivity index (χ0v) is 30.0. The van der Waals surface area contributed by atoms with Gasteiger partial charge in [0.25, 0.3) is 11.8 Å². The molecule has 3 saturated heterocycles. The Balaban J connectivity index is 0.969. The molecule has 4 heterocycles. The van der Waals surface area contributed by atoms with Crippen molar-refractivity contribution < 1.29 is 24.0 Å². The van der Waals surface area contributed by atoms with Crippen molar-refractivity contribution in [1.82, 2.24) is 25.4 Å². The number of carbonyl (C=O) groups excluding carboxylic acids is 5. The Morgan fingerprint density at radius 3 is 2.26 bits per heavy atom. The molecule has 1 unspecified atom stereocenters. The quantitative estimate of drug-likeness (QED) is 0.301. The van der Waals surface area contributed by atoms with Crippen LogP contribution in [0.4, 0.5) is 11.5 Å². The van der Waals surface area contributed by atoms with Crippen LogP contribution in [-0.2, 0) is 14.4 Å². The van der Waals surface area contributed by atoms with Crippen molar-refractivity contribution >= 4 is 41.5 Å². The minimum atomic E-state index is -0.997. The van der Waals surface area contributed by atoms with E-state index in [1.807, 2.05) is 37.3 Å². The number of hydrogen-bond acceptors (Lipinski definition) is 9. The van der Waals surface area contributed by atoms with Gasteiger partial charge in [-0.2, -0.15) is 0 Å². The molecular formula is C38H51N7O5. The highest BCUT2D eigenvalue weighted by molar-refractivity contribution is 6.08. The van der Waals surface area contributed by atoms with E-state index in [0.29, 0.717) is 23.5 Å². The monoisotopic (exact) mass is 685 g/mol. The molecule has 268 valence electrons. The van der Waals surface area contributed by atoms with Gasteiger partial charge < -0.3 is 15.1 Å². The van der Waals surface area contributed by atoms with Gasteiger partial charge >= 0.3 is 0 Å². The van der Waals surface area contributed by atoms with Crippen LogP contribution in [0, 0.1) is 23.7 Å². The summed E-state index contributed by atoms with van der Waals surface area (Å²) in [4.78, 5) is 75.0. The number of piperazine rings is 1. The van der Waals surface area contributed by atoms with E-state index in [0.717, 1.165) is 87.0 Å². The fourth-order valence-corrected chi connectivity index (χ4v) is 8.90. The molecule has 2 N–H and O–H groups in total. The number of carbonyl (C=O) groups is 5. The molecule has 0 bridgehead atoms. The number of aryl methyl sites for hydroxylation is 1. The first kappa shape index (κ1) is 35.5. The molecule has 4 fully saturated rings. The average molecular weight is 686 g/mol. The number of benzene rings is 1. The van der Waals surface area contributed by atoms with E-state index in [9.17, 15) is 24.0 Å². The van der Waals surface area contributed by atoms with E-state index in [-0.39, 0.29) is 35.6 Å². The number of rotatable bonds is 9. The molecule has 0 radical (unpaired) electrons. The van der Waals surface area contributed by atoms with Crippen LogP contribution >= 0.6 is 0 Å². The molecular weight excluding hydrogens is 634 g/mol. The van der Waals surface area contributed by atoms with Gasteiger partial charge in [-0.1, -0.05) is 33.8 Å². The van der Waals surface area contributed by atoms with E-state index < -0.39 is 23.8 Å². The van der Waals surface area contributed by atoms with Gasteiger partial charge in [-0.3, -0.25) is 39.1 Å². The third-order valence-corrected chi connectivity index (χ3v) is 11.3. The third kappa shape index (κ3) is 7.40. The summed E-state index contributed by atoms with van der Waals surface area (Å²) in [6.07, 6.45) is 5.56. The van der Waals surface area contributed by atoms with Crippen LogP contribution in [0.3, 0.4) is 0 Å². The Morgan fingerprint density at radius 1 is 0.960 bits per heavy atom. The van der Waals surface area contributed by atoms with Crippen LogP contribution in [0.15, 0.2) is 36.5 Å². The second kappa shape index (κ2) is 14.1. The van der Waals surface area contributed by atoms with Crippen LogP contribution < -0.4 is 20.4 Å². The predicted octanol–water partition coefficient (Wildman–Crippen LogP) is 3.39. The standard InChI is InChI=1S/C38H51N7O5/c1-25-6-8-28(20-29(25)35(50)45(24-46)30-9-11-32(47)40-34(30)49)43-18-16-42(17-19-43)22-26-12-14-44(15-13-26)31-10-7-27(21-39-31)33(48)41-36-37(2,3)23-38(36,4)5/h6-8,10,20-21,24,26,30,36H,9,11-19,22-23H2,1-5H3,(H,41,48)(H,40,47,49). The fourth-order valence-electron chi connectivity index (χ4n) is 8.90. The molecule has 1 aliphatic carbocycles. The molecule has 1 saturated carbocycles. The minimum absolute atomic E-state index is 0.0562. The van der Waals surface area contributed by atoms with Gasteiger partial charge in [0.1, 0.15) is 11.9 Å². The summed E-state index contributed by atoms with van der Waals surface area (Å²) >= 11 is 0. The SMILES string of the molecule is Cc1ccc(N2CCN(CC3CCN(c4ccc(C(=O)NC5C(C)(C)CC5(C)C)cn4)CC3)CC2)cc1C(=O)N(C=O)C1CCC(=O)NC1=O. The summed E-state index contributed by atoms with van der Waals surface area (Å²) in [5.41, 5.74) is 2.80. The van der Waals surface area contributed by atoms with Gasteiger partial charge in [-0.15, -0.1) is 0 Å². The molecule has 6 rings (SSSR count).